The number of hydrogen-bond donors (Lipinski definition) is 1. The molecular formula is C22H26F2N4O. The van der Waals surface area contributed by atoms with Crippen molar-refractivity contribution in [2.45, 2.75) is 20.4 Å². The number of imidazole rings is 1. The van der Waals surface area contributed by atoms with Crippen molar-refractivity contribution in [3.63, 3.8) is 0 Å². The van der Waals surface area contributed by atoms with Crippen LogP contribution in [0.3, 0.4) is 0 Å². The molecule has 29 heavy (non-hydrogen) atoms. The number of aryl methyl sites for hydroxylation is 2. The van der Waals surface area contributed by atoms with Crippen LogP contribution in [-0.2, 0) is 11.3 Å². The number of ether oxygens (including phenoxy) is 1. The van der Waals surface area contributed by atoms with Crippen LogP contribution < -0.4 is 5.32 Å². The zero-order chi connectivity index (χ0) is 20.4. The summed E-state index contributed by atoms with van der Waals surface area (Å²) < 4.78 is 34.8. The molecule has 1 N–H and O–H groups in total. The Morgan fingerprint density at radius 2 is 1.69 bits per heavy atom. The van der Waals surface area contributed by atoms with Crippen molar-refractivity contribution in [3.8, 4) is 0 Å². The summed E-state index contributed by atoms with van der Waals surface area (Å²) in [6, 6.07) is 7.77. The lowest BCUT2D eigenvalue weighted by Gasteiger charge is -2.26. The molecule has 0 aliphatic carbocycles. The molecule has 0 radical (unpaired) electrons. The number of morpholine rings is 1. The average Bonchev–Trinajstić information content (AvgIpc) is 2.99. The second-order valence-electron chi connectivity index (χ2n) is 7.61. The Kier molecular flexibility index (Phi) is 5.78. The monoisotopic (exact) mass is 400 g/mol. The molecule has 0 atom stereocenters. The number of fused-ring (bicyclic) bond motifs is 1. The van der Waals surface area contributed by atoms with Gasteiger partial charge in [-0.2, -0.15) is 0 Å². The first kappa shape index (κ1) is 19.8. The molecule has 2 aromatic carbocycles. The molecule has 2 heterocycles. The Morgan fingerprint density at radius 3 is 2.41 bits per heavy atom. The van der Waals surface area contributed by atoms with E-state index in [-0.39, 0.29) is 0 Å². The first-order chi connectivity index (χ1) is 14.0. The molecule has 0 amide bonds. The smallest absolute Gasteiger partial charge is 0.204 e. The molecule has 7 heteroatoms. The number of anilines is 1. The molecule has 0 bridgehead atoms. The van der Waals surface area contributed by atoms with Crippen LogP contribution in [0.1, 0.15) is 16.7 Å². The average molecular weight is 400 g/mol. The molecule has 1 aliphatic rings. The highest BCUT2D eigenvalue weighted by Crippen LogP contribution is 2.25. The summed E-state index contributed by atoms with van der Waals surface area (Å²) in [6.45, 7) is 9.47. The van der Waals surface area contributed by atoms with Crippen molar-refractivity contribution in [2.24, 2.45) is 0 Å². The quantitative estimate of drug-likeness (QED) is 0.685. The third-order valence-electron chi connectivity index (χ3n) is 5.44. The molecule has 4 rings (SSSR count). The van der Waals surface area contributed by atoms with E-state index < -0.39 is 11.6 Å². The number of halogens is 2. The highest BCUT2D eigenvalue weighted by molar-refractivity contribution is 5.80. The van der Waals surface area contributed by atoms with Crippen molar-refractivity contribution in [2.75, 3.05) is 44.7 Å². The summed E-state index contributed by atoms with van der Waals surface area (Å²) in [5.41, 5.74) is 4.71. The van der Waals surface area contributed by atoms with Crippen molar-refractivity contribution in [1.82, 2.24) is 14.5 Å². The zero-order valence-electron chi connectivity index (χ0n) is 16.8. The normalized spacial score (nSPS) is 15.2. The van der Waals surface area contributed by atoms with E-state index in [0.29, 0.717) is 18.1 Å². The van der Waals surface area contributed by atoms with E-state index in [1.54, 1.807) is 0 Å². The maximum atomic E-state index is 13.7. The fraction of sp³-hybridized carbons (Fsp3) is 0.409. The molecule has 0 spiro atoms. The second kappa shape index (κ2) is 8.47. The first-order valence-corrected chi connectivity index (χ1v) is 9.96. The minimum atomic E-state index is -0.571. The number of nitrogens with one attached hydrogen (secondary N) is 1. The standard InChI is InChI=1S/C22H26F2N4O/c1-15-9-20-21(10-16(15)2)28(14-17-11-18(23)13-19(24)12-17)22(26-20)25-3-4-27-5-7-29-8-6-27/h9-13H,3-8,14H2,1-2H3,(H,25,26). The van der Waals surface area contributed by atoms with Crippen molar-refractivity contribution in [3.05, 3.63) is 58.7 Å². The highest BCUT2D eigenvalue weighted by atomic mass is 19.1. The third kappa shape index (κ3) is 4.57. The van der Waals surface area contributed by atoms with Gasteiger partial charge in [0.25, 0.3) is 0 Å². The van der Waals surface area contributed by atoms with Crippen LogP contribution in [0.2, 0.25) is 0 Å². The fourth-order valence-electron chi connectivity index (χ4n) is 3.71. The molecule has 154 valence electrons. The van der Waals surface area contributed by atoms with Gasteiger partial charge in [-0.3, -0.25) is 4.90 Å². The van der Waals surface area contributed by atoms with Crippen molar-refractivity contribution >= 4 is 17.0 Å². The molecule has 1 aliphatic heterocycles. The van der Waals surface area contributed by atoms with Gasteiger partial charge in [0.1, 0.15) is 11.6 Å². The SMILES string of the molecule is Cc1cc2nc(NCCN3CCOCC3)n(Cc3cc(F)cc(F)c3)c2cc1C. The van der Waals surface area contributed by atoms with E-state index in [1.165, 1.54) is 17.7 Å². The van der Waals surface area contributed by atoms with E-state index in [2.05, 4.69) is 36.2 Å². The predicted molar refractivity (Wildman–Crippen MR) is 110 cm³/mol. The molecule has 0 saturated carbocycles. The van der Waals surface area contributed by atoms with Gasteiger partial charge in [0.15, 0.2) is 0 Å². The van der Waals surface area contributed by atoms with Gasteiger partial charge >= 0.3 is 0 Å². The lowest BCUT2D eigenvalue weighted by Crippen LogP contribution is -2.39. The third-order valence-corrected chi connectivity index (χ3v) is 5.44. The van der Waals surface area contributed by atoms with Crippen LogP contribution in [0.25, 0.3) is 11.0 Å². The molecule has 0 unspecified atom stereocenters. The van der Waals surface area contributed by atoms with Crippen LogP contribution in [0.15, 0.2) is 30.3 Å². The van der Waals surface area contributed by atoms with E-state index in [4.69, 9.17) is 9.72 Å². The number of hydrogen-bond acceptors (Lipinski definition) is 4. The number of nitrogens with zero attached hydrogens (tertiary/aromatic N) is 3. The van der Waals surface area contributed by atoms with Gasteiger partial charge in [-0.25, -0.2) is 13.8 Å². The van der Waals surface area contributed by atoms with Crippen LogP contribution in [0, 0.1) is 25.5 Å². The molecule has 1 aromatic heterocycles. The number of aromatic nitrogens is 2. The largest absolute Gasteiger partial charge is 0.379 e. The molecule has 1 saturated heterocycles. The molecular weight excluding hydrogens is 374 g/mol. The van der Waals surface area contributed by atoms with E-state index in [9.17, 15) is 8.78 Å². The molecule has 3 aromatic rings. The van der Waals surface area contributed by atoms with E-state index in [0.717, 1.165) is 62.1 Å². The topological polar surface area (TPSA) is 42.3 Å². The zero-order valence-corrected chi connectivity index (χ0v) is 16.8. The lowest BCUT2D eigenvalue weighted by atomic mass is 10.1. The molecule has 5 nitrogen and oxygen atoms in total. The highest BCUT2D eigenvalue weighted by Gasteiger charge is 2.15. The summed E-state index contributed by atoms with van der Waals surface area (Å²) in [7, 11) is 0. The maximum absolute atomic E-state index is 13.7. The minimum Gasteiger partial charge on any atom is -0.379 e. The van der Waals surface area contributed by atoms with Crippen LogP contribution >= 0.6 is 0 Å². The van der Waals surface area contributed by atoms with Crippen molar-refractivity contribution < 1.29 is 13.5 Å². The Morgan fingerprint density at radius 1 is 1.00 bits per heavy atom. The minimum absolute atomic E-state index is 0.341. The van der Waals surface area contributed by atoms with Gasteiger partial charge < -0.3 is 14.6 Å². The Labute approximate surface area is 169 Å². The number of benzene rings is 2. The Bertz CT molecular complexity index is 991. The summed E-state index contributed by atoms with van der Waals surface area (Å²) in [5, 5.41) is 3.42. The van der Waals surface area contributed by atoms with Gasteiger partial charge in [-0.15, -0.1) is 0 Å². The second-order valence-corrected chi connectivity index (χ2v) is 7.61. The van der Waals surface area contributed by atoms with E-state index >= 15 is 0 Å². The van der Waals surface area contributed by atoms with Crippen LogP contribution in [0.5, 0.6) is 0 Å². The summed E-state index contributed by atoms with van der Waals surface area (Å²) >= 11 is 0. The fourth-order valence-corrected chi connectivity index (χ4v) is 3.71. The Hall–Kier alpha value is -2.51. The van der Waals surface area contributed by atoms with Gasteiger partial charge in [0, 0.05) is 32.2 Å². The van der Waals surface area contributed by atoms with Crippen LogP contribution in [0.4, 0.5) is 14.7 Å². The van der Waals surface area contributed by atoms with Crippen LogP contribution in [-0.4, -0.2) is 53.8 Å². The lowest BCUT2D eigenvalue weighted by molar-refractivity contribution is 0.0398. The van der Waals surface area contributed by atoms with E-state index in [1.807, 2.05) is 4.57 Å². The predicted octanol–water partition coefficient (Wildman–Crippen LogP) is 3.72. The maximum Gasteiger partial charge on any atom is 0.204 e. The summed E-state index contributed by atoms with van der Waals surface area (Å²) in [5.74, 6) is -0.431. The summed E-state index contributed by atoms with van der Waals surface area (Å²) in [4.78, 5) is 7.11. The van der Waals surface area contributed by atoms with Gasteiger partial charge in [-0.1, -0.05) is 0 Å². The van der Waals surface area contributed by atoms with Gasteiger partial charge in [0.05, 0.1) is 30.8 Å². The summed E-state index contributed by atoms with van der Waals surface area (Å²) in [6.07, 6.45) is 0. The van der Waals surface area contributed by atoms with Crippen molar-refractivity contribution in [1.29, 1.82) is 0 Å². The number of rotatable bonds is 6. The van der Waals surface area contributed by atoms with Gasteiger partial charge in [-0.05, 0) is 54.8 Å². The first-order valence-electron chi connectivity index (χ1n) is 9.96. The molecule has 1 fully saturated rings. The van der Waals surface area contributed by atoms with Gasteiger partial charge in [0.2, 0.25) is 5.95 Å². The Balaban J connectivity index is 1.61.